The van der Waals surface area contributed by atoms with Crippen molar-refractivity contribution < 1.29 is 32.2 Å². The molecule has 0 bridgehead atoms. The lowest BCUT2D eigenvalue weighted by molar-refractivity contribution is -0.274. The Bertz CT molecular complexity index is 685. The lowest BCUT2D eigenvalue weighted by Crippen LogP contribution is -2.17. The second-order valence-electron chi connectivity index (χ2n) is 3.90. The summed E-state index contributed by atoms with van der Waals surface area (Å²) in [5.41, 5.74) is -0.937. The second kappa shape index (κ2) is 5.39. The zero-order valence-electron chi connectivity index (χ0n) is 10.2. The third-order valence-electron chi connectivity index (χ3n) is 2.47. The summed E-state index contributed by atoms with van der Waals surface area (Å²) >= 11 is 0. The van der Waals surface area contributed by atoms with E-state index >= 15 is 0 Å². The number of nitrogens with zero attached hydrogens (tertiary/aromatic N) is 1. The first-order chi connectivity index (χ1) is 9.78. The number of hydrogen-bond acceptors (Lipinski definition) is 3. The molecular weight excluding hydrogens is 294 g/mol. The third-order valence-corrected chi connectivity index (χ3v) is 2.47. The Hall–Kier alpha value is -2.64. The molecule has 1 N–H and O–H groups in total. The van der Waals surface area contributed by atoms with E-state index < -0.39 is 29.5 Å². The number of pyridine rings is 1. The van der Waals surface area contributed by atoms with E-state index in [1.54, 1.807) is 0 Å². The summed E-state index contributed by atoms with van der Waals surface area (Å²) in [5, 5.41) is 8.81. The van der Waals surface area contributed by atoms with Crippen LogP contribution in [0.5, 0.6) is 5.75 Å². The summed E-state index contributed by atoms with van der Waals surface area (Å²) in [5.74, 6) is -3.19. The van der Waals surface area contributed by atoms with E-state index in [1.165, 1.54) is 18.2 Å². The Morgan fingerprint density at radius 3 is 2.52 bits per heavy atom. The highest BCUT2D eigenvalue weighted by Crippen LogP contribution is 2.33. The van der Waals surface area contributed by atoms with Crippen LogP contribution in [0.4, 0.5) is 17.6 Å². The Kier molecular flexibility index (Phi) is 3.79. The molecule has 0 unspecified atom stereocenters. The fraction of sp³-hybridized carbons (Fsp3) is 0.0769. The van der Waals surface area contributed by atoms with Crippen LogP contribution in [-0.4, -0.2) is 22.4 Å². The van der Waals surface area contributed by atoms with Gasteiger partial charge in [0, 0.05) is 5.56 Å². The maximum absolute atomic E-state index is 13.3. The highest BCUT2D eigenvalue weighted by atomic mass is 19.4. The molecule has 21 heavy (non-hydrogen) atoms. The van der Waals surface area contributed by atoms with Crippen LogP contribution < -0.4 is 4.74 Å². The molecule has 0 saturated heterocycles. The molecule has 0 atom stereocenters. The number of para-hydroxylation sites is 1. The number of ether oxygens (including phenoxy) is 1. The van der Waals surface area contributed by atoms with Crippen LogP contribution in [0.3, 0.4) is 0 Å². The minimum absolute atomic E-state index is 0.0997. The first-order valence-corrected chi connectivity index (χ1v) is 5.52. The molecule has 1 aromatic heterocycles. The number of aromatic carboxylic acids is 1. The van der Waals surface area contributed by atoms with Gasteiger partial charge in [-0.3, -0.25) is 4.98 Å². The lowest BCUT2D eigenvalue weighted by Gasteiger charge is -2.13. The van der Waals surface area contributed by atoms with Gasteiger partial charge < -0.3 is 9.84 Å². The SMILES string of the molecule is O=C(O)c1cc(-c2ccccc2OC(F)(F)F)ncc1F. The number of halogens is 4. The van der Waals surface area contributed by atoms with Gasteiger partial charge in [-0.2, -0.15) is 0 Å². The zero-order chi connectivity index (χ0) is 15.6. The van der Waals surface area contributed by atoms with E-state index in [4.69, 9.17) is 5.11 Å². The second-order valence-corrected chi connectivity index (χ2v) is 3.90. The summed E-state index contributed by atoms with van der Waals surface area (Å²) in [4.78, 5) is 14.4. The van der Waals surface area contributed by atoms with Gasteiger partial charge in [0.15, 0.2) is 5.82 Å². The standard InChI is InChI=1S/C13H7F4NO3/c14-9-6-18-10(5-8(9)12(19)20)7-3-1-2-4-11(7)21-13(15,16)17/h1-6H,(H,19,20). The Balaban J connectivity index is 2.52. The summed E-state index contributed by atoms with van der Waals surface area (Å²) in [7, 11) is 0. The quantitative estimate of drug-likeness (QED) is 0.882. The van der Waals surface area contributed by atoms with Crippen LogP contribution in [-0.2, 0) is 0 Å². The van der Waals surface area contributed by atoms with E-state index in [2.05, 4.69) is 9.72 Å². The molecule has 0 fully saturated rings. The number of carboxylic acid groups (broad SMARTS) is 1. The molecule has 4 nitrogen and oxygen atoms in total. The highest BCUT2D eigenvalue weighted by Gasteiger charge is 2.32. The topological polar surface area (TPSA) is 59.4 Å². The van der Waals surface area contributed by atoms with E-state index in [0.717, 1.165) is 12.1 Å². The summed E-state index contributed by atoms with van der Waals surface area (Å²) in [6.07, 6.45) is -4.28. The first kappa shape index (κ1) is 14.8. The molecule has 0 radical (unpaired) electrons. The first-order valence-electron chi connectivity index (χ1n) is 5.52. The van der Waals surface area contributed by atoms with Gasteiger partial charge in [-0.05, 0) is 18.2 Å². The maximum Gasteiger partial charge on any atom is 0.573 e. The van der Waals surface area contributed by atoms with Crippen molar-refractivity contribution >= 4 is 5.97 Å². The Labute approximate surface area is 115 Å². The van der Waals surface area contributed by atoms with Crippen LogP contribution >= 0.6 is 0 Å². The summed E-state index contributed by atoms with van der Waals surface area (Å²) < 4.78 is 54.0. The molecule has 0 aliphatic heterocycles. The number of aromatic nitrogens is 1. The molecular formula is C13H7F4NO3. The average molecular weight is 301 g/mol. The van der Waals surface area contributed by atoms with Gasteiger partial charge in [-0.1, -0.05) is 12.1 Å². The van der Waals surface area contributed by atoms with Crippen LogP contribution in [0.25, 0.3) is 11.3 Å². The number of benzene rings is 1. The van der Waals surface area contributed by atoms with Crippen molar-refractivity contribution in [1.82, 2.24) is 4.98 Å². The minimum Gasteiger partial charge on any atom is -0.478 e. The van der Waals surface area contributed by atoms with Gasteiger partial charge >= 0.3 is 12.3 Å². The van der Waals surface area contributed by atoms with Crippen LogP contribution in [0.1, 0.15) is 10.4 Å². The highest BCUT2D eigenvalue weighted by molar-refractivity contribution is 5.89. The summed E-state index contributed by atoms with van der Waals surface area (Å²) in [6.45, 7) is 0. The fourth-order valence-electron chi connectivity index (χ4n) is 1.64. The van der Waals surface area contributed by atoms with Crippen molar-refractivity contribution in [2.75, 3.05) is 0 Å². The zero-order valence-corrected chi connectivity index (χ0v) is 10.2. The van der Waals surface area contributed by atoms with Crippen molar-refractivity contribution in [3.05, 3.63) is 47.9 Å². The van der Waals surface area contributed by atoms with Crippen molar-refractivity contribution in [2.24, 2.45) is 0 Å². The molecule has 2 aromatic rings. The van der Waals surface area contributed by atoms with Gasteiger partial charge in [0.25, 0.3) is 0 Å². The monoisotopic (exact) mass is 301 g/mol. The number of hydrogen-bond donors (Lipinski definition) is 1. The average Bonchev–Trinajstić information content (AvgIpc) is 2.38. The maximum atomic E-state index is 13.3. The van der Waals surface area contributed by atoms with Crippen LogP contribution in [0, 0.1) is 5.82 Å². The number of carboxylic acids is 1. The molecule has 110 valence electrons. The van der Waals surface area contributed by atoms with Crippen molar-refractivity contribution in [3.63, 3.8) is 0 Å². The molecule has 2 rings (SSSR count). The van der Waals surface area contributed by atoms with Gasteiger partial charge in [0.05, 0.1) is 17.5 Å². The predicted octanol–water partition coefficient (Wildman–Crippen LogP) is 3.48. The third kappa shape index (κ3) is 3.47. The van der Waals surface area contributed by atoms with Gasteiger partial charge in [0.1, 0.15) is 5.75 Å². The summed E-state index contributed by atoms with van der Waals surface area (Å²) in [6, 6.07) is 5.88. The van der Waals surface area contributed by atoms with Crippen LogP contribution in [0.15, 0.2) is 36.5 Å². The van der Waals surface area contributed by atoms with Crippen LogP contribution in [0.2, 0.25) is 0 Å². The molecule has 8 heteroatoms. The van der Waals surface area contributed by atoms with E-state index in [-0.39, 0.29) is 11.3 Å². The van der Waals surface area contributed by atoms with E-state index in [0.29, 0.717) is 6.20 Å². The van der Waals surface area contributed by atoms with Crippen molar-refractivity contribution in [1.29, 1.82) is 0 Å². The number of alkyl halides is 3. The number of rotatable bonds is 3. The fourth-order valence-corrected chi connectivity index (χ4v) is 1.64. The molecule has 0 aliphatic rings. The molecule has 1 heterocycles. The smallest absolute Gasteiger partial charge is 0.478 e. The minimum atomic E-state index is -4.91. The van der Waals surface area contributed by atoms with Gasteiger partial charge in [-0.25, -0.2) is 9.18 Å². The predicted molar refractivity (Wildman–Crippen MR) is 63.3 cm³/mol. The molecule has 0 saturated carbocycles. The van der Waals surface area contributed by atoms with Gasteiger partial charge in [0.2, 0.25) is 0 Å². The molecule has 0 aliphatic carbocycles. The molecule has 0 spiro atoms. The molecule has 1 aromatic carbocycles. The lowest BCUT2D eigenvalue weighted by atomic mass is 10.1. The number of carbonyl (C=O) groups is 1. The largest absolute Gasteiger partial charge is 0.573 e. The normalized spacial score (nSPS) is 11.2. The van der Waals surface area contributed by atoms with Crippen molar-refractivity contribution in [3.8, 4) is 17.0 Å². The van der Waals surface area contributed by atoms with E-state index in [9.17, 15) is 22.4 Å². The van der Waals surface area contributed by atoms with Gasteiger partial charge in [-0.15, -0.1) is 13.2 Å². The van der Waals surface area contributed by atoms with Crippen molar-refractivity contribution in [2.45, 2.75) is 6.36 Å². The Morgan fingerprint density at radius 2 is 1.90 bits per heavy atom. The van der Waals surface area contributed by atoms with E-state index in [1.807, 2.05) is 0 Å². The Morgan fingerprint density at radius 1 is 1.24 bits per heavy atom. The molecule has 0 amide bonds.